The molecule has 0 aliphatic rings. The van der Waals surface area contributed by atoms with Crippen molar-refractivity contribution >= 4 is 27.4 Å². The first-order valence-corrected chi connectivity index (χ1v) is 6.35. The zero-order chi connectivity index (χ0) is 14.8. The summed E-state index contributed by atoms with van der Waals surface area (Å²) in [5, 5.41) is 2.82. The summed E-state index contributed by atoms with van der Waals surface area (Å²) in [6.45, 7) is 0. The standard InChI is InChI=1S/C13H10BrF3N2O/c1-20-10-5-3-2-4-9(10)18-12-8(14)6-7-11(19-12)13(15,16)17/h2-7H,1H3,(H,18,19). The van der Waals surface area contributed by atoms with E-state index in [9.17, 15) is 13.2 Å². The SMILES string of the molecule is COc1ccccc1Nc1nc(C(F)(F)F)ccc1Br. The number of methoxy groups -OCH3 is 1. The Morgan fingerprint density at radius 3 is 2.50 bits per heavy atom. The number of alkyl halides is 3. The topological polar surface area (TPSA) is 34.1 Å². The van der Waals surface area contributed by atoms with Gasteiger partial charge in [0.1, 0.15) is 17.3 Å². The van der Waals surface area contributed by atoms with E-state index in [2.05, 4.69) is 26.2 Å². The van der Waals surface area contributed by atoms with Gasteiger partial charge in [0.15, 0.2) is 0 Å². The van der Waals surface area contributed by atoms with Gasteiger partial charge in [0.25, 0.3) is 0 Å². The molecule has 3 nitrogen and oxygen atoms in total. The normalized spacial score (nSPS) is 11.2. The number of rotatable bonds is 3. The maximum absolute atomic E-state index is 12.7. The van der Waals surface area contributed by atoms with Crippen LogP contribution in [0.25, 0.3) is 0 Å². The van der Waals surface area contributed by atoms with E-state index >= 15 is 0 Å². The molecule has 0 unspecified atom stereocenters. The Kier molecular flexibility index (Phi) is 4.17. The lowest BCUT2D eigenvalue weighted by molar-refractivity contribution is -0.141. The van der Waals surface area contributed by atoms with Crippen molar-refractivity contribution < 1.29 is 17.9 Å². The number of aromatic nitrogens is 1. The molecule has 20 heavy (non-hydrogen) atoms. The molecule has 2 rings (SSSR count). The summed E-state index contributed by atoms with van der Waals surface area (Å²) in [5.74, 6) is 0.586. The lowest BCUT2D eigenvalue weighted by Gasteiger charge is -2.13. The number of pyridine rings is 1. The number of hydrogen-bond donors (Lipinski definition) is 1. The van der Waals surface area contributed by atoms with Crippen molar-refractivity contribution in [1.29, 1.82) is 0 Å². The zero-order valence-electron chi connectivity index (χ0n) is 10.3. The van der Waals surface area contributed by atoms with Crippen LogP contribution in [-0.2, 0) is 6.18 Å². The van der Waals surface area contributed by atoms with E-state index in [4.69, 9.17) is 4.74 Å². The van der Waals surface area contributed by atoms with E-state index < -0.39 is 11.9 Å². The third-order valence-electron chi connectivity index (χ3n) is 2.50. The lowest BCUT2D eigenvalue weighted by Crippen LogP contribution is -2.09. The minimum absolute atomic E-state index is 0.0734. The van der Waals surface area contributed by atoms with Crippen molar-refractivity contribution in [2.75, 3.05) is 12.4 Å². The average molecular weight is 347 g/mol. The quantitative estimate of drug-likeness (QED) is 0.880. The van der Waals surface area contributed by atoms with Crippen LogP contribution in [0.4, 0.5) is 24.7 Å². The molecular formula is C13H10BrF3N2O. The number of nitrogens with one attached hydrogen (secondary N) is 1. The minimum atomic E-state index is -4.49. The fourth-order valence-electron chi connectivity index (χ4n) is 1.56. The van der Waals surface area contributed by atoms with Crippen molar-refractivity contribution in [2.24, 2.45) is 0 Å². The zero-order valence-corrected chi connectivity index (χ0v) is 11.9. The Labute approximate surface area is 121 Å². The van der Waals surface area contributed by atoms with Gasteiger partial charge in [-0.1, -0.05) is 12.1 Å². The van der Waals surface area contributed by atoms with Crippen LogP contribution in [0.3, 0.4) is 0 Å². The summed E-state index contributed by atoms with van der Waals surface area (Å²) in [4.78, 5) is 3.58. The molecule has 1 N–H and O–H groups in total. The van der Waals surface area contributed by atoms with E-state index in [1.165, 1.54) is 13.2 Å². The first-order valence-electron chi connectivity index (χ1n) is 5.55. The molecule has 7 heteroatoms. The molecule has 0 amide bonds. The fraction of sp³-hybridized carbons (Fsp3) is 0.154. The third-order valence-corrected chi connectivity index (χ3v) is 3.14. The van der Waals surface area contributed by atoms with Crippen LogP contribution >= 0.6 is 15.9 Å². The van der Waals surface area contributed by atoms with Crippen LogP contribution in [0.15, 0.2) is 40.9 Å². The first-order chi connectivity index (χ1) is 9.41. The largest absolute Gasteiger partial charge is 0.495 e. The summed E-state index contributed by atoms with van der Waals surface area (Å²) < 4.78 is 43.5. The van der Waals surface area contributed by atoms with E-state index in [0.717, 1.165) is 6.07 Å². The molecule has 1 aromatic heterocycles. The number of halogens is 4. The molecule has 2 aromatic rings. The van der Waals surface area contributed by atoms with E-state index in [1.807, 2.05) is 0 Å². The van der Waals surface area contributed by atoms with Crippen LogP contribution in [0.2, 0.25) is 0 Å². The van der Waals surface area contributed by atoms with Gasteiger partial charge in [-0.15, -0.1) is 0 Å². The lowest BCUT2D eigenvalue weighted by atomic mass is 10.3. The molecule has 0 atom stereocenters. The number of ether oxygens (including phenoxy) is 1. The molecule has 0 fully saturated rings. The third kappa shape index (κ3) is 3.22. The number of para-hydroxylation sites is 2. The van der Waals surface area contributed by atoms with Crippen molar-refractivity contribution in [1.82, 2.24) is 4.98 Å². The maximum atomic E-state index is 12.7. The van der Waals surface area contributed by atoms with Gasteiger partial charge in [-0.25, -0.2) is 4.98 Å². The van der Waals surface area contributed by atoms with Gasteiger partial charge in [-0.05, 0) is 40.2 Å². The van der Waals surface area contributed by atoms with Gasteiger partial charge in [-0.2, -0.15) is 13.2 Å². The Bertz CT molecular complexity index is 617. The van der Waals surface area contributed by atoms with Crippen molar-refractivity contribution in [2.45, 2.75) is 6.18 Å². The summed E-state index contributed by atoms with van der Waals surface area (Å²) in [5.41, 5.74) is -0.430. The van der Waals surface area contributed by atoms with E-state index in [1.54, 1.807) is 24.3 Å². The van der Waals surface area contributed by atoms with Crippen LogP contribution < -0.4 is 10.1 Å². The van der Waals surface area contributed by atoms with Crippen molar-refractivity contribution in [3.05, 3.63) is 46.6 Å². The smallest absolute Gasteiger partial charge is 0.433 e. The summed E-state index contributed by atoms with van der Waals surface area (Å²) in [7, 11) is 1.48. The Hall–Kier alpha value is -1.76. The highest BCUT2D eigenvalue weighted by molar-refractivity contribution is 9.10. The van der Waals surface area contributed by atoms with Crippen molar-refractivity contribution in [3.8, 4) is 5.75 Å². The van der Waals surface area contributed by atoms with Gasteiger partial charge in [0, 0.05) is 0 Å². The fourth-order valence-corrected chi connectivity index (χ4v) is 1.88. The Morgan fingerprint density at radius 2 is 1.85 bits per heavy atom. The molecule has 0 spiro atoms. The summed E-state index contributed by atoms with van der Waals surface area (Å²) in [6, 6.07) is 9.10. The first kappa shape index (κ1) is 14.6. The second-order valence-electron chi connectivity index (χ2n) is 3.85. The molecule has 0 saturated carbocycles. The summed E-state index contributed by atoms with van der Waals surface area (Å²) >= 11 is 3.17. The van der Waals surface area contributed by atoms with E-state index in [-0.39, 0.29) is 5.82 Å². The van der Waals surface area contributed by atoms with Gasteiger partial charge in [0.05, 0.1) is 17.3 Å². The number of anilines is 2. The summed E-state index contributed by atoms with van der Waals surface area (Å²) in [6.07, 6.45) is -4.49. The second-order valence-corrected chi connectivity index (χ2v) is 4.70. The van der Waals surface area contributed by atoms with Crippen LogP contribution in [0.1, 0.15) is 5.69 Å². The van der Waals surface area contributed by atoms with Gasteiger partial charge < -0.3 is 10.1 Å². The molecule has 0 saturated heterocycles. The second kappa shape index (κ2) is 5.70. The highest BCUT2D eigenvalue weighted by atomic mass is 79.9. The van der Waals surface area contributed by atoms with Crippen molar-refractivity contribution in [3.63, 3.8) is 0 Å². The monoisotopic (exact) mass is 346 g/mol. The van der Waals surface area contributed by atoms with Crippen LogP contribution in [-0.4, -0.2) is 12.1 Å². The molecule has 1 heterocycles. The van der Waals surface area contributed by atoms with E-state index in [0.29, 0.717) is 15.9 Å². The molecule has 0 aliphatic carbocycles. The average Bonchev–Trinajstić information content (AvgIpc) is 2.40. The highest BCUT2D eigenvalue weighted by Gasteiger charge is 2.33. The minimum Gasteiger partial charge on any atom is -0.495 e. The van der Waals surface area contributed by atoms with Gasteiger partial charge >= 0.3 is 6.18 Å². The van der Waals surface area contributed by atoms with Crippen LogP contribution in [0.5, 0.6) is 5.75 Å². The van der Waals surface area contributed by atoms with Gasteiger partial charge in [-0.3, -0.25) is 0 Å². The Morgan fingerprint density at radius 1 is 1.15 bits per heavy atom. The predicted molar refractivity (Wildman–Crippen MR) is 73.2 cm³/mol. The molecule has 0 radical (unpaired) electrons. The molecule has 1 aromatic carbocycles. The molecule has 0 aliphatic heterocycles. The highest BCUT2D eigenvalue weighted by Crippen LogP contribution is 2.34. The molecule has 0 bridgehead atoms. The van der Waals surface area contributed by atoms with Crippen LogP contribution in [0, 0.1) is 0 Å². The van der Waals surface area contributed by atoms with Gasteiger partial charge in [0.2, 0.25) is 0 Å². The number of nitrogens with zero attached hydrogens (tertiary/aromatic N) is 1. The molecule has 106 valence electrons. The molecular weight excluding hydrogens is 337 g/mol. The maximum Gasteiger partial charge on any atom is 0.433 e. The number of hydrogen-bond acceptors (Lipinski definition) is 3. The Balaban J connectivity index is 2.38. The predicted octanol–water partition coefficient (Wildman–Crippen LogP) is 4.62. The number of benzene rings is 1.